The van der Waals surface area contributed by atoms with Crippen LogP contribution in [0.5, 0.6) is 23.0 Å². The minimum Gasteiger partial charge on any atom is -0.504 e. The van der Waals surface area contributed by atoms with E-state index in [1.165, 1.54) is 31.4 Å². The molecule has 0 atom stereocenters. The number of nitrogens with zero attached hydrogens (tertiary/aromatic N) is 1. The third-order valence-corrected chi connectivity index (χ3v) is 4.91. The van der Waals surface area contributed by atoms with E-state index in [4.69, 9.17) is 14.2 Å². The molecule has 0 saturated carbocycles. The third kappa shape index (κ3) is 7.00. The fourth-order valence-corrected chi connectivity index (χ4v) is 3.50. The van der Waals surface area contributed by atoms with E-state index in [9.17, 15) is 14.7 Å². The van der Waals surface area contributed by atoms with Gasteiger partial charge in [-0.3, -0.25) is 9.59 Å². The molecule has 0 saturated heterocycles. The van der Waals surface area contributed by atoms with E-state index in [-0.39, 0.29) is 41.9 Å². The highest BCUT2D eigenvalue weighted by Crippen LogP contribution is 2.30. The molecular weight excluding hydrogens is 422 g/mol. The smallest absolute Gasteiger partial charge is 0.260 e. The third-order valence-electron chi connectivity index (χ3n) is 4.91. The Morgan fingerprint density at radius 2 is 1.67 bits per heavy atom. The Bertz CT molecular complexity index is 988. The predicted octanol–water partition coefficient (Wildman–Crippen LogP) is 4.72. The van der Waals surface area contributed by atoms with Crippen LogP contribution in [0, 0.1) is 0 Å². The number of amides is 1. The molecule has 0 radical (unpaired) electrons. The largest absolute Gasteiger partial charge is 0.504 e. The van der Waals surface area contributed by atoms with E-state index >= 15 is 0 Å². The second-order valence-electron chi connectivity index (χ2n) is 8.00. The first-order chi connectivity index (χ1) is 15.7. The Morgan fingerprint density at radius 3 is 2.27 bits per heavy atom. The molecule has 7 nitrogen and oxygen atoms in total. The Kier molecular flexibility index (Phi) is 9.33. The van der Waals surface area contributed by atoms with Crippen molar-refractivity contribution in [2.24, 2.45) is 0 Å². The molecule has 0 spiro atoms. The van der Waals surface area contributed by atoms with E-state index < -0.39 is 0 Å². The summed E-state index contributed by atoms with van der Waals surface area (Å²) in [6.45, 7) is 10.1. The van der Waals surface area contributed by atoms with Crippen LogP contribution in [-0.2, 0) is 4.79 Å². The van der Waals surface area contributed by atoms with Gasteiger partial charge in [-0.2, -0.15) is 0 Å². The molecular formula is C26H33NO6. The minimum atomic E-state index is -0.236. The van der Waals surface area contributed by atoms with Crippen molar-refractivity contribution in [2.45, 2.75) is 46.7 Å². The molecule has 1 amide bonds. The quantitative estimate of drug-likeness (QED) is 0.390. The second kappa shape index (κ2) is 11.9. The average molecular weight is 456 g/mol. The van der Waals surface area contributed by atoms with Gasteiger partial charge in [0.05, 0.1) is 13.7 Å². The zero-order chi connectivity index (χ0) is 24.5. The summed E-state index contributed by atoms with van der Waals surface area (Å²) in [5, 5.41) is 9.69. The van der Waals surface area contributed by atoms with Gasteiger partial charge in [0.2, 0.25) is 0 Å². The van der Waals surface area contributed by atoms with E-state index in [0.29, 0.717) is 23.7 Å². The van der Waals surface area contributed by atoms with Crippen LogP contribution in [0.3, 0.4) is 0 Å². The molecule has 0 unspecified atom stereocenters. The highest BCUT2D eigenvalue weighted by Gasteiger charge is 2.21. The molecule has 0 bridgehead atoms. The number of phenolic OH excluding ortho intramolecular Hbond substituents is 1. The molecule has 178 valence electrons. The zero-order valence-electron chi connectivity index (χ0n) is 20.1. The monoisotopic (exact) mass is 455 g/mol. The standard InChI is InChI=1S/C26H33NO6/c1-7-32-25-14-19(8-11-21(28)20-10-12-22(29)24(15-20)31-6)9-13-23(25)33-16-26(30)27(17(2)3)18(4)5/h8-15,17-18,29H,7,16H2,1-6H3/b11-8+. The van der Waals surface area contributed by atoms with Crippen LogP contribution in [0.2, 0.25) is 0 Å². The van der Waals surface area contributed by atoms with Gasteiger partial charge in [-0.1, -0.05) is 12.1 Å². The van der Waals surface area contributed by atoms with Crippen molar-refractivity contribution < 1.29 is 28.9 Å². The Labute approximate surface area is 195 Å². The number of ketones is 1. The number of hydrogen-bond acceptors (Lipinski definition) is 6. The van der Waals surface area contributed by atoms with Crippen LogP contribution in [0.25, 0.3) is 6.08 Å². The summed E-state index contributed by atoms with van der Waals surface area (Å²) in [4.78, 5) is 26.9. The molecule has 0 aliphatic rings. The first-order valence-electron chi connectivity index (χ1n) is 11.0. The Morgan fingerprint density at radius 1 is 0.970 bits per heavy atom. The van der Waals surface area contributed by atoms with Crippen LogP contribution in [0.4, 0.5) is 0 Å². The number of ether oxygens (including phenoxy) is 3. The summed E-state index contributed by atoms with van der Waals surface area (Å²) < 4.78 is 16.5. The topological polar surface area (TPSA) is 85.3 Å². The molecule has 0 aliphatic carbocycles. The van der Waals surface area contributed by atoms with Crippen LogP contribution < -0.4 is 14.2 Å². The molecule has 2 rings (SSSR count). The number of phenols is 1. The first kappa shape index (κ1) is 25.8. The molecule has 33 heavy (non-hydrogen) atoms. The Hall–Kier alpha value is -3.48. The van der Waals surface area contributed by atoms with Gasteiger partial charge in [0.15, 0.2) is 35.4 Å². The summed E-state index contributed by atoms with van der Waals surface area (Å²) in [7, 11) is 1.43. The Balaban J connectivity index is 2.15. The summed E-state index contributed by atoms with van der Waals surface area (Å²) in [6, 6.07) is 9.85. The molecule has 1 N–H and O–H groups in total. The van der Waals surface area contributed by atoms with Crippen molar-refractivity contribution in [1.82, 2.24) is 4.90 Å². The van der Waals surface area contributed by atoms with Gasteiger partial charge >= 0.3 is 0 Å². The number of allylic oxidation sites excluding steroid dienone is 1. The maximum absolute atomic E-state index is 12.6. The van der Waals surface area contributed by atoms with E-state index in [1.54, 1.807) is 29.2 Å². The lowest BCUT2D eigenvalue weighted by Gasteiger charge is -2.30. The highest BCUT2D eigenvalue weighted by atomic mass is 16.5. The van der Waals surface area contributed by atoms with E-state index in [0.717, 1.165) is 5.56 Å². The zero-order valence-corrected chi connectivity index (χ0v) is 20.1. The van der Waals surface area contributed by atoms with Crippen LogP contribution in [-0.4, -0.2) is 54.1 Å². The van der Waals surface area contributed by atoms with Crippen molar-refractivity contribution in [3.8, 4) is 23.0 Å². The molecule has 2 aromatic carbocycles. The lowest BCUT2D eigenvalue weighted by atomic mass is 10.1. The molecule has 0 heterocycles. The number of hydrogen-bond donors (Lipinski definition) is 1. The van der Waals surface area contributed by atoms with Crippen molar-refractivity contribution in [3.63, 3.8) is 0 Å². The van der Waals surface area contributed by atoms with E-state index in [1.807, 2.05) is 34.6 Å². The number of aromatic hydroxyl groups is 1. The van der Waals surface area contributed by atoms with Crippen molar-refractivity contribution in [3.05, 3.63) is 53.6 Å². The fourth-order valence-electron chi connectivity index (χ4n) is 3.50. The van der Waals surface area contributed by atoms with Crippen molar-refractivity contribution >= 4 is 17.8 Å². The lowest BCUT2D eigenvalue weighted by Crippen LogP contribution is -2.44. The molecule has 2 aromatic rings. The van der Waals surface area contributed by atoms with Gasteiger partial charge in [-0.05, 0) is 76.6 Å². The normalized spacial score (nSPS) is 11.2. The number of methoxy groups -OCH3 is 1. The fraction of sp³-hybridized carbons (Fsp3) is 0.385. The molecule has 0 aromatic heterocycles. The van der Waals surface area contributed by atoms with Crippen molar-refractivity contribution in [1.29, 1.82) is 0 Å². The van der Waals surface area contributed by atoms with E-state index in [2.05, 4.69) is 0 Å². The summed E-state index contributed by atoms with van der Waals surface area (Å²) >= 11 is 0. The molecule has 0 fully saturated rings. The van der Waals surface area contributed by atoms with Crippen molar-refractivity contribution in [2.75, 3.05) is 20.3 Å². The van der Waals surface area contributed by atoms with Gasteiger partial charge in [-0.15, -0.1) is 0 Å². The second-order valence-corrected chi connectivity index (χ2v) is 8.00. The van der Waals surface area contributed by atoms with Crippen LogP contribution >= 0.6 is 0 Å². The summed E-state index contributed by atoms with van der Waals surface area (Å²) in [6.07, 6.45) is 3.10. The molecule has 7 heteroatoms. The molecule has 0 aliphatic heterocycles. The maximum atomic E-state index is 12.6. The van der Waals surface area contributed by atoms with Gasteiger partial charge < -0.3 is 24.2 Å². The van der Waals surface area contributed by atoms with Gasteiger partial charge in [0.25, 0.3) is 5.91 Å². The van der Waals surface area contributed by atoms with Gasteiger partial charge in [-0.25, -0.2) is 0 Å². The highest BCUT2D eigenvalue weighted by molar-refractivity contribution is 6.07. The predicted molar refractivity (Wildman–Crippen MR) is 128 cm³/mol. The summed E-state index contributed by atoms with van der Waals surface area (Å²) in [5.74, 6) is 0.827. The van der Waals surface area contributed by atoms with Gasteiger partial charge in [0.1, 0.15) is 0 Å². The minimum absolute atomic E-state index is 0.0293. The first-order valence-corrected chi connectivity index (χ1v) is 11.0. The van der Waals surface area contributed by atoms with Gasteiger partial charge in [0, 0.05) is 17.6 Å². The SMILES string of the molecule is CCOc1cc(/C=C/C(=O)c2ccc(O)c(OC)c2)ccc1OCC(=O)N(C(C)C)C(C)C. The number of rotatable bonds is 11. The lowest BCUT2D eigenvalue weighted by molar-refractivity contribution is -0.137. The summed E-state index contributed by atoms with van der Waals surface area (Å²) in [5.41, 5.74) is 1.13. The number of carbonyl (C=O) groups excluding carboxylic acids is 2. The van der Waals surface area contributed by atoms with Crippen LogP contribution in [0.1, 0.15) is 50.5 Å². The maximum Gasteiger partial charge on any atom is 0.260 e. The van der Waals surface area contributed by atoms with Crippen LogP contribution in [0.15, 0.2) is 42.5 Å². The average Bonchev–Trinajstić information content (AvgIpc) is 2.76. The number of carbonyl (C=O) groups is 2. The number of benzene rings is 2.